The van der Waals surface area contributed by atoms with Crippen molar-refractivity contribution >= 4 is 28.9 Å². The first kappa shape index (κ1) is 19.0. The highest BCUT2D eigenvalue weighted by Gasteiger charge is 2.18. The van der Waals surface area contributed by atoms with Crippen LogP contribution in [0.4, 0.5) is 15.8 Å². The van der Waals surface area contributed by atoms with Gasteiger partial charge >= 0.3 is 0 Å². The molecule has 0 aliphatic heterocycles. The summed E-state index contributed by atoms with van der Waals surface area (Å²) >= 11 is 6.18. The van der Waals surface area contributed by atoms with Crippen LogP contribution >= 0.6 is 11.6 Å². The molecule has 7 heteroatoms. The first-order chi connectivity index (χ1) is 11.9. The van der Waals surface area contributed by atoms with Gasteiger partial charge < -0.3 is 20.9 Å². The van der Waals surface area contributed by atoms with Crippen molar-refractivity contribution in [2.75, 3.05) is 18.5 Å². The molecule has 0 fully saturated rings. The Hall–Kier alpha value is -2.31. The third-order valence-corrected chi connectivity index (χ3v) is 3.83. The number of primary amides is 1. The van der Waals surface area contributed by atoms with E-state index in [2.05, 4.69) is 5.32 Å². The van der Waals surface area contributed by atoms with Gasteiger partial charge in [0.05, 0.1) is 23.0 Å². The molecule has 0 radical (unpaired) electrons. The fourth-order valence-corrected chi connectivity index (χ4v) is 2.59. The molecule has 0 unspecified atom stereocenters. The summed E-state index contributed by atoms with van der Waals surface area (Å²) in [7, 11) is 0. The van der Waals surface area contributed by atoms with Gasteiger partial charge in [-0.05, 0) is 43.5 Å². The van der Waals surface area contributed by atoms with Gasteiger partial charge in [-0.1, -0.05) is 17.7 Å². The predicted molar refractivity (Wildman–Crippen MR) is 96.2 cm³/mol. The summed E-state index contributed by atoms with van der Waals surface area (Å²) in [6.45, 7) is 2.16. The summed E-state index contributed by atoms with van der Waals surface area (Å²) in [4.78, 5) is 11.9. The maximum absolute atomic E-state index is 14.0. The number of aliphatic hydroxyl groups excluding tert-OH is 1. The molecule has 0 saturated carbocycles. The fraction of sp³-hybridized carbons (Fsp3) is 0.278. The maximum atomic E-state index is 14.0. The van der Waals surface area contributed by atoms with Crippen LogP contribution in [0.15, 0.2) is 30.3 Å². The lowest BCUT2D eigenvalue weighted by Crippen LogP contribution is -2.16. The zero-order valence-corrected chi connectivity index (χ0v) is 14.6. The molecule has 25 heavy (non-hydrogen) atoms. The lowest BCUT2D eigenvalue weighted by molar-refractivity contribution is 0.0997. The minimum Gasteiger partial charge on any atom is -0.493 e. The molecule has 5 nitrogen and oxygen atoms in total. The van der Waals surface area contributed by atoms with Gasteiger partial charge in [0.15, 0.2) is 0 Å². The summed E-state index contributed by atoms with van der Waals surface area (Å²) in [6.07, 6.45) is 1.11. The fourth-order valence-electron chi connectivity index (χ4n) is 2.31. The number of aliphatic hydroxyl groups is 1. The number of carbonyl (C=O) groups excluding carboxylic acids is 1. The molecule has 4 N–H and O–H groups in total. The summed E-state index contributed by atoms with van der Waals surface area (Å²) in [5.74, 6) is -1.27. The van der Waals surface area contributed by atoms with Crippen LogP contribution in [0.3, 0.4) is 0 Å². The number of benzene rings is 2. The quantitative estimate of drug-likeness (QED) is 0.621. The molecular formula is C18H20ClFN2O3. The van der Waals surface area contributed by atoms with Crippen molar-refractivity contribution in [3.05, 3.63) is 52.3 Å². The highest BCUT2D eigenvalue weighted by Crippen LogP contribution is 2.33. The van der Waals surface area contributed by atoms with E-state index in [4.69, 9.17) is 27.2 Å². The molecule has 0 aliphatic carbocycles. The Morgan fingerprint density at radius 2 is 2.04 bits per heavy atom. The Morgan fingerprint density at radius 1 is 1.28 bits per heavy atom. The number of nitrogens with one attached hydrogen (secondary N) is 1. The minimum atomic E-state index is -0.747. The lowest BCUT2D eigenvalue weighted by Gasteiger charge is -2.16. The number of hydrogen-bond donors (Lipinski definition) is 3. The second kappa shape index (κ2) is 8.69. The second-order valence-electron chi connectivity index (χ2n) is 5.58. The summed E-state index contributed by atoms with van der Waals surface area (Å²) in [6, 6.07) is 7.59. The van der Waals surface area contributed by atoms with Crippen LogP contribution in [0.2, 0.25) is 5.02 Å². The van der Waals surface area contributed by atoms with E-state index in [1.54, 1.807) is 12.1 Å². The van der Waals surface area contributed by atoms with Gasteiger partial charge in [0, 0.05) is 12.7 Å². The number of ether oxygens (including phenoxy) is 1. The molecule has 0 heterocycles. The molecule has 0 spiro atoms. The molecule has 1 amide bonds. The van der Waals surface area contributed by atoms with E-state index in [-0.39, 0.29) is 30.2 Å². The molecule has 0 atom stereocenters. The SMILES string of the molecule is Cc1ccc(Nc2cc(F)cc(OCCCCO)c2C(N)=O)c(Cl)c1. The zero-order valence-electron chi connectivity index (χ0n) is 13.8. The molecule has 0 saturated heterocycles. The number of halogens is 2. The number of carbonyl (C=O) groups is 1. The number of amides is 1. The minimum absolute atomic E-state index is 0.0356. The van der Waals surface area contributed by atoms with Crippen molar-refractivity contribution < 1.29 is 19.0 Å². The topological polar surface area (TPSA) is 84.6 Å². The Labute approximate surface area is 150 Å². The van der Waals surface area contributed by atoms with Crippen molar-refractivity contribution in [3.63, 3.8) is 0 Å². The van der Waals surface area contributed by atoms with Gasteiger partial charge in [0.25, 0.3) is 5.91 Å². The smallest absolute Gasteiger partial charge is 0.254 e. The Bertz CT molecular complexity index is 768. The standard InChI is InChI=1S/C18H20ClFN2O3/c1-11-4-5-14(13(19)8-11)22-15-9-12(20)10-16(17(15)18(21)24)25-7-3-2-6-23/h4-5,8-10,22-23H,2-3,6-7H2,1H3,(H2,21,24). The van der Waals surface area contributed by atoms with E-state index in [9.17, 15) is 9.18 Å². The van der Waals surface area contributed by atoms with Crippen LogP contribution in [-0.2, 0) is 0 Å². The molecule has 0 aliphatic rings. The van der Waals surface area contributed by atoms with Crippen molar-refractivity contribution in [1.29, 1.82) is 0 Å². The van der Waals surface area contributed by atoms with Crippen molar-refractivity contribution in [1.82, 2.24) is 0 Å². The molecule has 2 aromatic carbocycles. The molecule has 134 valence electrons. The maximum Gasteiger partial charge on any atom is 0.254 e. The normalized spacial score (nSPS) is 10.6. The Morgan fingerprint density at radius 3 is 2.68 bits per heavy atom. The molecule has 2 rings (SSSR count). The van der Waals surface area contributed by atoms with Gasteiger partial charge in [-0.2, -0.15) is 0 Å². The van der Waals surface area contributed by atoms with Crippen LogP contribution in [0, 0.1) is 12.7 Å². The van der Waals surface area contributed by atoms with E-state index in [1.165, 1.54) is 0 Å². The lowest BCUT2D eigenvalue weighted by atomic mass is 10.1. The van der Waals surface area contributed by atoms with E-state index in [0.29, 0.717) is 23.6 Å². The Kier molecular flexibility index (Phi) is 6.61. The largest absolute Gasteiger partial charge is 0.493 e. The third kappa shape index (κ3) is 5.08. The number of anilines is 2. The highest BCUT2D eigenvalue weighted by atomic mass is 35.5. The molecular weight excluding hydrogens is 347 g/mol. The van der Waals surface area contributed by atoms with Crippen LogP contribution in [-0.4, -0.2) is 24.2 Å². The van der Waals surface area contributed by atoms with Crippen LogP contribution in [0.25, 0.3) is 0 Å². The van der Waals surface area contributed by atoms with Gasteiger partial charge in [-0.25, -0.2) is 4.39 Å². The zero-order chi connectivity index (χ0) is 18.4. The van der Waals surface area contributed by atoms with E-state index < -0.39 is 11.7 Å². The second-order valence-corrected chi connectivity index (χ2v) is 5.99. The van der Waals surface area contributed by atoms with Crippen LogP contribution in [0.5, 0.6) is 5.75 Å². The highest BCUT2D eigenvalue weighted by molar-refractivity contribution is 6.33. The average molecular weight is 367 g/mol. The van der Waals surface area contributed by atoms with Crippen molar-refractivity contribution in [2.45, 2.75) is 19.8 Å². The van der Waals surface area contributed by atoms with E-state index in [0.717, 1.165) is 17.7 Å². The third-order valence-electron chi connectivity index (χ3n) is 3.52. The first-order valence-electron chi connectivity index (χ1n) is 7.82. The van der Waals surface area contributed by atoms with Gasteiger partial charge in [0.1, 0.15) is 17.1 Å². The summed E-state index contributed by atoms with van der Waals surface area (Å²) in [5.41, 5.74) is 7.17. The van der Waals surface area contributed by atoms with Gasteiger partial charge in [-0.3, -0.25) is 4.79 Å². The number of hydrogen-bond acceptors (Lipinski definition) is 4. The molecule has 0 aromatic heterocycles. The van der Waals surface area contributed by atoms with Crippen LogP contribution in [0.1, 0.15) is 28.8 Å². The number of rotatable bonds is 8. The molecule has 0 bridgehead atoms. The van der Waals surface area contributed by atoms with Crippen molar-refractivity contribution in [3.8, 4) is 5.75 Å². The number of nitrogens with two attached hydrogens (primary N) is 1. The molecule has 2 aromatic rings. The van der Waals surface area contributed by atoms with E-state index >= 15 is 0 Å². The average Bonchev–Trinajstić information content (AvgIpc) is 2.53. The van der Waals surface area contributed by atoms with Crippen molar-refractivity contribution in [2.24, 2.45) is 5.73 Å². The number of unbranched alkanes of at least 4 members (excludes halogenated alkanes) is 1. The van der Waals surface area contributed by atoms with Crippen LogP contribution < -0.4 is 15.8 Å². The summed E-state index contributed by atoms with van der Waals surface area (Å²) in [5, 5.41) is 12.2. The number of aryl methyl sites for hydroxylation is 1. The van der Waals surface area contributed by atoms with E-state index in [1.807, 2.05) is 13.0 Å². The first-order valence-corrected chi connectivity index (χ1v) is 8.20. The Balaban J connectivity index is 2.35. The predicted octanol–water partition coefficient (Wildman–Crippen LogP) is 3.78. The summed E-state index contributed by atoms with van der Waals surface area (Å²) < 4.78 is 19.5. The van der Waals surface area contributed by atoms with Gasteiger partial charge in [0.2, 0.25) is 0 Å². The van der Waals surface area contributed by atoms with Gasteiger partial charge in [-0.15, -0.1) is 0 Å². The monoisotopic (exact) mass is 366 g/mol.